The van der Waals surface area contributed by atoms with E-state index in [-0.39, 0.29) is 5.78 Å². The summed E-state index contributed by atoms with van der Waals surface area (Å²) in [6, 6.07) is 0. The maximum absolute atomic E-state index is 11.7. The lowest BCUT2D eigenvalue weighted by Gasteiger charge is -2.33. The molecule has 1 heterocycles. The molecular formula is C13H17NO3. The first-order valence-electron chi connectivity index (χ1n) is 5.87. The summed E-state index contributed by atoms with van der Waals surface area (Å²) in [6.07, 6.45) is 3.42. The number of carbonyl (C=O) groups excluding carboxylic acids is 1. The van der Waals surface area contributed by atoms with Gasteiger partial charge >= 0.3 is 5.97 Å². The monoisotopic (exact) mass is 235 g/mol. The number of H-pyrrole nitrogens is 1. The lowest BCUT2D eigenvalue weighted by molar-refractivity contribution is -0.146. The van der Waals surface area contributed by atoms with Crippen molar-refractivity contribution in [3.05, 3.63) is 23.0 Å². The summed E-state index contributed by atoms with van der Waals surface area (Å²) < 4.78 is 0. The van der Waals surface area contributed by atoms with E-state index < -0.39 is 11.4 Å². The van der Waals surface area contributed by atoms with Crippen LogP contribution < -0.4 is 0 Å². The van der Waals surface area contributed by atoms with Crippen LogP contribution in [0.25, 0.3) is 0 Å². The Morgan fingerprint density at radius 2 is 1.94 bits per heavy atom. The van der Waals surface area contributed by atoms with Crippen LogP contribution in [0.15, 0.2) is 6.20 Å². The number of hydrogen-bond acceptors (Lipinski definition) is 2. The van der Waals surface area contributed by atoms with E-state index in [9.17, 15) is 14.7 Å². The van der Waals surface area contributed by atoms with Crippen molar-refractivity contribution in [3.63, 3.8) is 0 Å². The highest BCUT2D eigenvalue weighted by atomic mass is 16.4. The van der Waals surface area contributed by atoms with E-state index in [0.29, 0.717) is 25.7 Å². The SMILES string of the molecule is Cc1c[nH]c(C)c1C1(C(=O)O)CCC(=O)CC1. The maximum Gasteiger partial charge on any atom is 0.314 e. The Morgan fingerprint density at radius 1 is 1.35 bits per heavy atom. The molecule has 1 fully saturated rings. The van der Waals surface area contributed by atoms with Crippen molar-refractivity contribution in [1.29, 1.82) is 0 Å². The van der Waals surface area contributed by atoms with Crippen LogP contribution in [-0.2, 0) is 15.0 Å². The second-order valence-electron chi connectivity index (χ2n) is 4.90. The van der Waals surface area contributed by atoms with E-state index in [1.807, 2.05) is 20.0 Å². The topological polar surface area (TPSA) is 70.2 Å². The zero-order valence-corrected chi connectivity index (χ0v) is 10.2. The van der Waals surface area contributed by atoms with Gasteiger partial charge in [0.1, 0.15) is 5.78 Å². The van der Waals surface area contributed by atoms with Crippen LogP contribution in [0.5, 0.6) is 0 Å². The Hall–Kier alpha value is -1.58. The molecule has 92 valence electrons. The number of aryl methyl sites for hydroxylation is 2. The Balaban J connectivity index is 2.49. The van der Waals surface area contributed by atoms with Crippen molar-refractivity contribution in [2.24, 2.45) is 0 Å². The molecule has 1 aromatic heterocycles. The number of aromatic nitrogens is 1. The van der Waals surface area contributed by atoms with Crippen LogP contribution in [0, 0.1) is 13.8 Å². The van der Waals surface area contributed by atoms with Crippen LogP contribution in [0.2, 0.25) is 0 Å². The summed E-state index contributed by atoms with van der Waals surface area (Å²) in [5.41, 5.74) is 1.87. The van der Waals surface area contributed by atoms with Gasteiger partial charge in [-0.1, -0.05) is 0 Å². The summed E-state index contributed by atoms with van der Waals surface area (Å²) in [7, 11) is 0. The van der Waals surface area contributed by atoms with Crippen molar-refractivity contribution in [2.75, 3.05) is 0 Å². The molecule has 1 aliphatic carbocycles. The van der Waals surface area contributed by atoms with Gasteiger partial charge in [-0.05, 0) is 37.8 Å². The molecule has 0 unspecified atom stereocenters. The van der Waals surface area contributed by atoms with Gasteiger partial charge in [0, 0.05) is 24.7 Å². The predicted molar refractivity (Wildman–Crippen MR) is 63.1 cm³/mol. The van der Waals surface area contributed by atoms with Crippen LogP contribution >= 0.6 is 0 Å². The number of rotatable bonds is 2. The number of carboxylic acid groups (broad SMARTS) is 1. The average molecular weight is 235 g/mol. The van der Waals surface area contributed by atoms with Crippen molar-refractivity contribution in [3.8, 4) is 0 Å². The van der Waals surface area contributed by atoms with Gasteiger partial charge in [0.2, 0.25) is 0 Å². The van der Waals surface area contributed by atoms with Crippen molar-refractivity contribution < 1.29 is 14.7 Å². The zero-order chi connectivity index (χ0) is 12.6. The molecule has 17 heavy (non-hydrogen) atoms. The summed E-state index contributed by atoms with van der Waals surface area (Å²) in [6.45, 7) is 3.81. The Kier molecular flexibility index (Phi) is 2.81. The number of aliphatic carboxylic acids is 1. The number of aromatic amines is 1. The minimum Gasteiger partial charge on any atom is -0.481 e. The molecule has 1 saturated carbocycles. The highest BCUT2D eigenvalue weighted by Crippen LogP contribution is 2.41. The highest BCUT2D eigenvalue weighted by molar-refractivity contribution is 5.88. The largest absolute Gasteiger partial charge is 0.481 e. The fourth-order valence-corrected chi connectivity index (χ4v) is 2.92. The van der Waals surface area contributed by atoms with E-state index in [4.69, 9.17) is 0 Å². The standard InChI is InChI=1S/C13H17NO3/c1-8-7-14-9(2)11(8)13(12(16)17)5-3-10(15)4-6-13/h7,14H,3-6H2,1-2H3,(H,16,17). The van der Waals surface area contributed by atoms with E-state index >= 15 is 0 Å². The second kappa shape index (κ2) is 4.02. The Bertz CT molecular complexity index is 444. The molecular weight excluding hydrogens is 218 g/mol. The molecule has 0 aromatic carbocycles. The molecule has 0 aliphatic heterocycles. The van der Waals surface area contributed by atoms with Gasteiger partial charge in [-0.3, -0.25) is 9.59 Å². The van der Waals surface area contributed by atoms with E-state index in [0.717, 1.165) is 16.8 Å². The smallest absolute Gasteiger partial charge is 0.314 e. The summed E-state index contributed by atoms with van der Waals surface area (Å²) in [5, 5.41) is 9.57. The molecule has 1 aliphatic rings. The van der Waals surface area contributed by atoms with Crippen LogP contribution in [-0.4, -0.2) is 21.8 Å². The average Bonchev–Trinajstić information content (AvgIpc) is 2.61. The normalized spacial score (nSPS) is 19.3. The van der Waals surface area contributed by atoms with Gasteiger partial charge in [0.15, 0.2) is 0 Å². The molecule has 0 saturated heterocycles. The number of nitrogens with one attached hydrogen (secondary N) is 1. The maximum atomic E-state index is 11.7. The van der Waals surface area contributed by atoms with Gasteiger partial charge in [-0.15, -0.1) is 0 Å². The van der Waals surface area contributed by atoms with Crippen LogP contribution in [0.3, 0.4) is 0 Å². The van der Waals surface area contributed by atoms with E-state index in [1.54, 1.807) is 0 Å². The molecule has 0 bridgehead atoms. The van der Waals surface area contributed by atoms with Gasteiger partial charge in [-0.25, -0.2) is 0 Å². The van der Waals surface area contributed by atoms with Gasteiger partial charge in [0.05, 0.1) is 5.41 Å². The van der Waals surface area contributed by atoms with Gasteiger partial charge in [-0.2, -0.15) is 0 Å². The first kappa shape index (κ1) is 11.9. The molecule has 0 spiro atoms. The number of ketones is 1. The summed E-state index contributed by atoms with van der Waals surface area (Å²) in [4.78, 5) is 26.0. The third-order valence-corrected chi connectivity index (χ3v) is 3.82. The molecule has 4 nitrogen and oxygen atoms in total. The third-order valence-electron chi connectivity index (χ3n) is 3.82. The lowest BCUT2D eigenvalue weighted by atomic mass is 9.68. The zero-order valence-electron chi connectivity index (χ0n) is 10.2. The van der Waals surface area contributed by atoms with Crippen molar-refractivity contribution in [2.45, 2.75) is 44.9 Å². The molecule has 4 heteroatoms. The minimum atomic E-state index is -0.873. The fourth-order valence-electron chi connectivity index (χ4n) is 2.92. The quantitative estimate of drug-likeness (QED) is 0.824. The van der Waals surface area contributed by atoms with Crippen LogP contribution in [0.4, 0.5) is 0 Å². The van der Waals surface area contributed by atoms with Crippen molar-refractivity contribution in [1.82, 2.24) is 4.98 Å². The molecule has 0 atom stereocenters. The first-order valence-corrected chi connectivity index (χ1v) is 5.87. The third kappa shape index (κ3) is 1.77. The van der Waals surface area contributed by atoms with Crippen LogP contribution in [0.1, 0.15) is 42.5 Å². The molecule has 2 rings (SSSR count). The summed E-state index contributed by atoms with van der Waals surface area (Å²) >= 11 is 0. The summed E-state index contributed by atoms with van der Waals surface area (Å²) in [5.74, 6) is -0.636. The molecule has 0 radical (unpaired) electrons. The van der Waals surface area contributed by atoms with E-state index in [2.05, 4.69) is 4.98 Å². The molecule has 2 N–H and O–H groups in total. The molecule has 1 aromatic rings. The number of Topliss-reactive ketones (excluding diaryl/α,β-unsaturated/α-hetero) is 1. The van der Waals surface area contributed by atoms with Crippen molar-refractivity contribution >= 4 is 11.8 Å². The number of carboxylic acids is 1. The lowest BCUT2D eigenvalue weighted by Crippen LogP contribution is -2.40. The first-order chi connectivity index (χ1) is 7.97. The predicted octanol–water partition coefficient (Wildman–Crippen LogP) is 2.10. The number of hydrogen-bond donors (Lipinski definition) is 2. The Labute approximate surface area is 100 Å². The Morgan fingerprint density at radius 3 is 2.35 bits per heavy atom. The molecule has 0 amide bonds. The second-order valence-corrected chi connectivity index (χ2v) is 4.90. The fraction of sp³-hybridized carbons (Fsp3) is 0.538. The van der Waals surface area contributed by atoms with E-state index in [1.165, 1.54) is 0 Å². The minimum absolute atomic E-state index is 0.174. The number of carbonyl (C=O) groups is 2. The highest BCUT2D eigenvalue weighted by Gasteiger charge is 2.45. The van der Waals surface area contributed by atoms with Gasteiger partial charge < -0.3 is 10.1 Å². The van der Waals surface area contributed by atoms with Gasteiger partial charge in [0.25, 0.3) is 0 Å².